The number of nitrogens with zero attached hydrogens (tertiary/aromatic N) is 4. The van der Waals surface area contributed by atoms with Gasteiger partial charge in [-0.15, -0.1) is 11.7 Å². The molecule has 0 bridgehead atoms. The van der Waals surface area contributed by atoms with Crippen molar-refractivity contribution in [2.75, 3.05) is 32.8 Å². The molecule has 0 aliphatic heterocycles. The van der Waals surface area contributed by atoms with E-state index in [1.807, 2.05) is 17.0 Å². The maximum Gasteiger partial charge on any atom is 0.0964 e. The topological polar surface area (TPSA) is 66.2 Å². The molecule has 0 aliphatic rings. The van der Waals surface area contributed by atoms with Crippen LogP contribution in [0, 0.1) is 5.92 Å². The van der Waals surface area contributed by atoms with Crippen molar-refractivity contribution in [2.24, 2.45) is 5.92 Å². The van der Waals surface area contributed by atoms with Gasteiger partial charge in [0.2, 0.25) is 0 Å². The van der Waals surface area contributed by atoms with E-state index in [1.165, 1.54) is 0 Å². The van der Waals surface area contributed by atoms with Crippen LogP contribution in [0.5, 0.6) is 0 Å². The molecule has 0 spiro atoms. The number of nitrogens with one attached hydrogen (secondary N) is 1. The zero-order chi connectivity index (χ0) is 14.8. The molecule has 0 unspecified atom stereocenters. The largest absolute Gasteiger partial charge is 0.395 e. The Hall–Kier alpha value is -1.24. The van der Waals surface area contributed by atoms with E-state index in [0.717, 1.165) is 38.4 Å². The smallest absolute Gasteiger partial charge is 0.0964 e. The minimum atomic E-state index is 0.162. The number of aliphatic hydroxyl groups excluding tert-OH is 1. The molecule has 0 radical (unpaired) electrons. The van der Waals surface area contributed by atoms with Gasteiger partial charge >= 0.3 is 0 Å². The third-order valence-corrected chi connectivity index (χ3v) is 2.89. The van der Waals surface area contributed by atoms with Crippen LogP contribution in [0.2, 0.25) is 0 Å². The van der Waals surface area contributed by atoms with Crippen LogP contribution in [-0.2, 0) is 13.1 Å². The second-order valence-corrected chi connectivity index (χ2v) is 5.31. The van der Waals surface area contributed by atoms with Crippen molar-refractivity contribution in [3.63, 3.8) is 0 Å². The van der Waals surface area contributed by atoms with E-state index in [4.69, 9.17) is 5.11 Å². The Labute approximate surface area is 121 Å². The average Bonchev–Trinajstić information content (AvgIpc) is 2.84. The molecule has 2 N–H and O–H groups in total. The van der Waals surface area contributed by atoms with E-state index < -0.39 is 0 Å². The van der Waals surface area contributed by atoms with Gasteiger partial charge in [-0.2, -0.15) is 0 Å². The highest BCUT2D eigenvalue weighted by Gasteiger charge is 2.05. The van der Waals surface area contributed by atoms with Crippen molar-refractivity contribution in [3.05, 3.63) is 24.5 Å². The Kier molecular flexibility index (Phi) is 8.10. The monoisotopic (exact) mass is 281 g/mol. The van der Waals surface area contributed by atoms with Gasteiger partial charge in [0, 0.05) is 32.4 Å². The van der Waals surface area contributed by atoms with Gasteiger partial charge in [-0.3, -0.25) is 9.58 Å². The predicted octanol–water partition coefficient (Wildman–Crippen LogP) is 0.504. The second kappa shape index (κ2) is 9.63. The molecule has 1 aromatic rings. The predicted molar refractivity (Wildman–Crippen MR) is 80.3 cm³/mol. The Bertz CT molecular complexity index is 377. The fourth-order valence-electron chi connectivity index (χ4n) is 1.88. The van der Waals surface area contributed by atoms with Crippen LogP contribution in [-0.4, -0.2) is 57.8 Å². The van der Waals surface area contributed by atoms with Gasteiger partial charge in [-0.1, -0.05) is 25.1 Å². The summed E-state index contributed by atoms with van der Waals surface area (Å²) in [6.45, 7) is 13.0. The van der Waals surface area contributed by atoms with Crippen LogP contribution in [0.15, 0.2) is 18.9 Å². The average molecular weight is 281 g/mol. The SMILES string of the molecule is C=CCN(CCO)CCn1cc(CNCC(C)C)nn1. The fraction of sp³-hybridized carbons (Fsp3) is 0.714. The van der Waals surface area contributed by atoms with Crippen LogP contribution in [0.1, 0.15) is 19.5 Å². The quantitative estimate of drug-likeness (QED) is 0.578. The third-order valence-electron chi connectivity index (χ3n) is 2.89. The molecule has 1 rings (SSSR count). The van der Waals surface area contributed by atoms with Gasteiger partial charge in [0.15, 0.2) is 0 Å². The number of hydrogen-bond acceptors (Lipinski definition) is 5. The lowest BCUT2D eigenvalue weighted by molar-refractivity contribution is 0.202. The fourth-order valence-corrected chi connectivity index (χ4v) is 1.88. The van der Waals surface area contributed by atoms with Crippen molar-refractivity contribution >= 4 is 0 Å². The molecule has 1 heterocycles. The Morgan fingerprint density at radius 1 is 1.50 bits per heavy atom. The minimum absolute atomic E-state index is 0.162. The van der Waals surface area contributed by atoms with Gasteiger partial charge in [0.05, 0.1) is 18.8 Å². The maximum absolute atomic E-state index is 8.99. The van der Waals surface area contributed by atoms with Crippen LogP contribution in [0.3, 0.4) is 0 Å². The number of aliphatic hydroxyl groups is 1. The Morgan fingerprint density at radius 2 is 2.30 bits per heavy atom. The van der Waals surface area contributed by atoms with E-state index in [0.29, 0.717) is 12.5 Å². The van der Waals surface area contributed by atoms with Gasteiger partial charge in [0.25, 0.3) is 0 Å². The lowest BCUT2D eigenvalue weighted by Gasteiger charge is -2.18. The summed E-state index contributed by atoms with van der Waals surface area (Å²) in [6, 6.07) is 0. The first-order valence-corrected chi connectivity index (χ1v) is 7.19. The summed E-state index contributed by atoms with van der Waals surface area (Å²) in [6.07, 6.45) is 3.82. The molecule has 0 aromatic carbocycles. The highest BCUT2D eigenvalue weighted by atomic mass is 16.3. The number of rotatable bonds is 11. The van der Waals surface area contributed by atoms with Crippen molar-refractivity contribution in [3.8, 4) is 0 Å². The first-order valence-electron chi connectivity index (χ1n) is 7.19. The van der Waals surface area contributed by atoms with E-state index in [-0.39, 0.29) is 6.61 Å². The standard InChI is InChI=1S/C14H27N5O/c1-4-5-18(8-9-20)6-7-19-12-14(16-17-19)11-15-10-13(2)3/h4,12-13,15,20H,1,5-11H2,2-3H3. The Morgan fingerprint density at radius 3 is 2.95 bits per heavy atom. The molecule has 114 valence electrons. The number of aromatic nitrogens is 3. The molecule has 0 saturated carbocycles. The normalized spacial score (nSPS) is 11.4. The van der Waals surface area contributed by atoms with Gasteiger partial charge in [0.1, 0.15) is 0 Å². The number of hydrogen-bond donors (Lipinski definition) is 2. The van der Waals surface area contributed by atoms with Crippen molar-refractivity contribution in [2.45, 2.75) is 26.9 Å². The maximum atomic E-state index is 8.99. The second-order valence-electron chi connectivity index (χ2n) is 5.31. The summed E-state index contributed by atoms with van der Waals surface area (Å²) in [4.78, 5) is 2.13. The van der Waals surface area contributed by atoms with Gasteiger partial charge in [-0.25, -0.2) is 0 Å². The van der Waals surface area contributed by atoms with E-state index in [9.17, 15) is 0 Å². The highest BCUT2D eigenvalue weighted by Crippen LogP contribution is 1.96. The highest BCUT2D eigenvalue weighted by molar-refractivity contribution is 4.91. The minimum Gasteiger partial charge on any atom is -0.395 e. The molecule has 6 nitrogen and oxygen atoms in total. The van der Waals surface area contributed by atoms with Crippen molar-refractivity contribution < 1.29 is 5.11 Å². The van der Waals surface area contributed by atoms with Crippen LogP contribution in [0.25, 0.3) is 0 Å². The first-order chi connectivity index (χ1) is 9.65. The van der Waals surface area contributed by atoms with E-state index in [2.05, 4.69) is 41.0 Å². The molecule has 20 heavy (non-hydrogen) atoms. The lowest BCUT2D eigenvalue weighted by Crippen LogP contribution is -2.30. The van der Waals surface area contributed by atoms with Gasteiger partial charge in [-0.05, 0) is 12.5 Å². The molecule has 0 saturated heterocycles. The summed E-state index contributed by atoms with van der Waals surface area (Å²) in [7, 11) is 0. The van der Waals surface area contributed by atoms with Crippen LogP contribution in [0.4, 0.5) is 0 Å². The molecular formula is C14H27N5O. The molecule has 6 heteroatoms. The molecule has 0 fully saturated rings. The third kappa shape index (κ3) is 6.79. The van der Waals surface area contributed by atoms with E-state index >= 15 is 0 Å². The molecular weight excluding hydrogens is 254 g/mol. The lowest BCUT2D eigenvalue weighted by atomic mass is 10.2. The molecule has 0 aliphatic carbocycles. The van der Waals surface area contributed by atoms with Crippen molar-refractivity contribution in [1.82, 2.24) is 25.2 Å². The molecule has 0 atom stereocenters. The van der Waals surface area contributed by atoms with Crippen molar-refractivity contribution in [1.29, 1.82) is 0 Å². The zero-order valence-electron chi connectivity index (χ0n) is 12.6. The van der Waals surface area contributed by atoms with Crippen LogP contribution < -0.4 is 5.32 Å². The van der Waals surface area contributed by atoms with E-state index in [1.54, 1.807) is 0 Å². The summed E-state index contributed by atoms with van der Waals surface area (Å²) in [5.41, 5.74) is 0.961. The summed E-state index contributed by atoms with van der Waals surface area (Å²) < 4.78 is 1.85. The Balaban J connectivity index is 2.33. The molecule has 0 amide bonds. The summed E-state index contributed by atoms with van der Waals surface area (Å²) in [5, 5.41) is 20.6. The van der Waals surface area contributed by atoms with Crippen LogP contribution >= 0.6 is 0 Å². The summed E-state index contributed by atoms with van der Waals surface area (Å²) >= 11 is 0. The van der Waals surface area contributed by atoms with Gasteiger partial charge < -0.3 is 10.4 Å². The molecule has 1 aromatic heterocycles. The zero-order valence-corrected chi connectivity index (χ0v) is 12.6. The summed E-state index contributed by atoms with van der Waals surface area (Å²) in [5.74, 6) is 0.635. The first kappa shape index (κ1) is 16.8.